The lowest BCUT2D eigenvalue weighted by molar-refractivity contribution is -0.115. The predicted octanol–water partition coefficient (Wildman–Crippen LogP) is 5.37. The molecule has 5 rings (SSSR count). The first-order chi connectivity index (χ1) is 16.0. The average molecular weight is 539 g/mol. The van der Waals surface area contributed by atoms with Crippen molar-refractivity contribution in [1.82, 2.24) is 25.5 Å². The van der Waals surface area contributed by atoms with Gasteiger partial charge in [0.15, 0.2) is 10.3 Å². The Balaban J connectivity index is 1.32. The fourth-order valence-electron chi connectivity index (χ4n) is 2.99. The van der Waals surface area contributed by atoms with Crippen LogP contribution < -0.4 is 5.32 Å². The number of para-hydroxylation sites is 1. The molecule has 2 aromatic carbocycles. The zero-order valence-corrected chi connectivity index (χ0v) is 20.3. The van der Waals surface area contributed by atoms with E-state index in [0.29, 0.717) is 26.1 Å². The SMILES string of the molecule is Cc1cc(Br)ccc1N=C1NC(=O)/C(=C/c2ccc(Sc3nnnn3-c3ccccc3)o2)S1. The largest absolute Gasteiger partial charge is 0.450 e. The number of amides is 1. The third kappa shape index (κ3) is 4.95. The topological polar surface area (TPSA) is 98.2 Å². The number of amidine groups is 1. The molecule has 3 heterocycles. The highest BCUT2D eigenvalue weighted by molar-refractivity contribution is 9.10. The molecule has 1 aliphatic rings. The molecule has 2 aromatic heterocycles. The molecular formula is C22H15BrN6O2S2. The Labute approximate surface area is 205 Å². The molecule has 1 saturated heterocycles. The van der Waals surface area contributed by atoms with Crippen molar-refractivity contribution in [2.45, 2.75) is 17.2 Å². The summed E-state index contributed by atoms with van der Waals surface area (Å²) in [4.78, 5) is 17.5. The number of nitrogens with one attached hydrogen (secondary N) is 1. The van der Waals surface area contributed by atoms with Gasteiger partial charge >= 0.3 is 0 Å². The normalized spacial score (nSPS) is 16.0. The molecule has 0 radical (unpaired) electrons. The van der Waals surface area contributed by atoms with Crippen molar-refractivity contribution in [1.29, 1.82) is 0 Å². The van der Waals surface area contributed by atoms with Crippen LogP contribution in [0.25, 0.3) is 11.8 Å². The molecule has 33 heavy (non-hydrogen) atoms. The maximum atomic E-state index is 12.4. The molecule has 0 unspecified atom stereocenters. The Morgan fingerprint density at radius 3 is 2.85 bits per heavy atom. The molecule has 0 spiro atoms. The van der Waals surface area contributed by atoms with E-state index in [1.165, 1.54) is 23.5 Å². The van der Waals surface area contributed by atoms with Gasteiger partial charge in [-0.15, -0.1) is 5.10 Å². The summed E-state index contributed by atoms with van der Waals surface area (Å²) in [6.07, 6.45) is 1.70. The highest BCUT2D eigenvalue weighted by Crippen LogP contribution is 2.33. The fourth-order valence-corrected chi connectivity index (χ4v) is 5.04. The van der Waals surface area contributed by atoms with Crippen molar-refractivity contribution in [2.75, 3.05) is 0 Å². The first-order valence-electron chi connectivity index (χ1n) is 9.72. The minimum atomic E-state index is -0.216. The van der Waals surface area contributed by atoms with E-state index in [-0.39, 0.29) is 5.91 Å². The second-order valence-corrected chi connectivity index (χ2v) is 9.80. The molecule has 1 fully saturated rings. The Hall–Kier alpha value is -3.15. The van der Waals surface area contributed by atoms with Crippen LogP contribution in [0.15, 0.2) is 89.7 Å². The van der Waals surface area contributed by atoms with Crippen molar-refractivity contribution in [3.63, 3.8) is 0 Å². The Bertz CT molecular complexity index is 1400. The van der Waals surface area contributed by atoms with Crippen LogP contribution in [0.1, 0.15) is 11.3 Å². The van der Waals surface area contributed by atoms with Crippen LogP contribution in [0.3, 0.4) is 0 Å². The molecule has 0 saturated carbocycles. The summed E-state index contributed by atoms with van der Waals surface area (Å²) < 4.78 is 8.50. The zero-order valence-electron chi connectivity index (χ0n) is 17.1. The number of aliphatic imine (C=N–C) groups is 1. The van der Waals surface area contributed by atoms with Crippen molar-refractivity contribution < 1.29 is 9.21 Å². The minimum absolute atomic E-state index is 0.216. The number of hydrogen-bond donors (Lipinski definition) is 1. The van der Waals surface area contributed by atoms with Gasteiger partial charge in [0.2, 0.25) is 5.16 Å². The van der Waals surface area contributed by atoms with Gasteiger partial charge in [-0.25, -0.2) is 4.99 Å². The average Bonchev–Trinajstić information content (AvgIpc) is 3.53. The van der Waals surface area contributed by atoms with Gasteiger partial charge in [-0.1, -0.05) is 34.1 Å². The van der Waals surface area contributed by atoms with Gasteiger partial charge in [-0.05, 0) is 88.9 Å². The molecule has 8 nitrogen and oxygen atoms in total. The zero-order chi connectivity index (χ0) is 22.8. The van der Waals surface area contributed by atoms with E-state index in [1.54, 1.807) is 16.8 Å². The van der Waals surface area contributed by atoms with Gasteiger partial charge in [-0.3, -0.25) is 4.79 Å². The molecule has 1 amide bonds. The summed E-state index contributed by atoms with van der Waals surface area (Å²) in [5.74, 6) is 0.335. The van der Waals surface area contributed by atoms with E-state index in [2.05, 4.69) is 41.8 Å². The Morgan fingerprint density at radius 1 is 1.18 bits per heavy atom. The molecular weight excluding hydrogens is 524 g/mol. The molecule has 0 aliphatic carbocycles. The van der Waals surface area contributed by atoms with Crippen LogP contribution >= 0.6 is 39.5 Å². The number of carbonyl (C=O) groups excluding carboxylic acids is 1. The predicted molar refractivity (Wildman–Crippen MR) is 132 cm³/mol. The lowest BCUT2D eigenvalue weighted by atomic mass is 10.2. The number of nitrogens with zero attached hydrogens (tertiary/aromatic N) is 5. The van der Waals surface area contributed by atoms with E-state index in [1.807, 2.05) is 61.5 Å². The number of hydrogen-bond acceptors (Lipinski definition) is 8. The van der Waals surface area contributed by atoms with Gasteiger partial charge in [-0.2, -0.15) is 4.68 Å². The van der Waals surface area contributed by atoms with Gasteiger partial charge in [0.1, 0.15) is 5.76 Å². The number of aryl methyl sites for hydroxylation is 1. The summed E-state index contributed by atoms with van der Waals surface area (Å²) >= 11 is 6.01. The number of tetrazole rings is 1. The number of aromatic nitrogens is 4. The van der Waals surface area contributed by atoms with Gasteiger partial charge in [0.05, 0.1) is 16.3 Å². The first-order valence-corrected chi connectivity index (χ1v) is 12.1. The first kappa shape index (κ1) is 21.7. The maximum Gasteiger partial charge on any atom is 0.264 e. The third-order valence-electron chi connectivity index (χ3n) is 4.54. The molecule has 1 N–H and O–H groups in total. The summed E-state index contributed by atoms with van der Waals surface area (Å²) in [7, 11) is 0. The second-order valence-electron chi connectivity index (χ2n) is 6.88. The van der Waals surface area contributed by atoms with E-state index in [4.69, 9.17) is 4.42 Å². The van der Waals surface area contributed by atoms with E-state index in [0.717, 1.165) is 21.4 Å². The van der Waals surface area contributed by atoms with Crippen molar-refractivity contribution >= 4 is 62.3 Å². The number of halogens is 1. The Morgan fingerprint density at radius 2 is 2.03 bits per heavy atom. The van der Waals surface area contributed by atoms with E-state index in [9.17, 15) is 4.79 Å². The van der Waals surface area contributed by atoms with Crippen molar-refractivity contribution in [2.24, 2.45) is 4.99 Å². The van der Waals surface area contributed by atoms with Crippen LogP contribution in [-0.2, 0) is 4.79 Å². The standard InChI is InChI=1S/C22H15BrN6O2S2/c1-13-11-14(23)7-9-17(13)24-21-25-20(30)18(32-21)12-16-8-10-19(31-16)33-22-26-27-28-29(22)15-5-3-2-4-6-15/h2-12H,1H3,(H,24,25,30)/b18-12-. The lowest BCUT2D eigenvalue weighted by Gasteiger charge is -2.01. The number of benzene rings is 2. The number of carbonyl (C=O) groups is 1. The molecule has 1 aliphatic heterocycles. The highest BCUT2D eigenvalue weighted by Gasteiger charge is 2.24. The van der Waals surface area contributed by atoms with Crippen molar-refractivity contribution in [3.8, 4) is 5.69 Å². The van der Waals surface area contributed by atoms with Crippen LogP contribution in [0.5, 0.6) is 0 Å². The van der Waals surface area contributed by atoms with Crippen LogP contribution in [-0.4, -0.2) is 31.3 Å². The molecule has 0 atom stereocenters. The second kappa shape index (κ2) is 9.38. The summed E-state index contributed by atoms with van der Waals surface area (Å²) in [6, 6.07) is 19.0. The Kier molecular flexibility index (Phi) is 6.16. The smallest absolute Gasteiger partial charge is 0.264 e. The maximum absolute atomic E-state index is 12.4. The monoisotopic (exact) mass is 538 g/mol. The quantitative estimate of drug-likeness (QED) is 0.341. The molecule has 11 heteroatoms. The van der Waals surface area contributed by atoms with Gasteiger partial charge < -0.3 is 9.73 Å². The molecule has 0 bridgehead atoms. The van der Waals surface area contributed by atoms with Crippen LogP contribution in [0.4, 0.5) is 5.69 Å². The number of furan rings is 1. The van der Waals surface area contributed by atoms with Crippen molar-refractivity contribution in [3.05, 3.63) is 81.4 Å². The summed E-state index contributed by atoms with van der Waals surface area (Å²) in [6.45, 7) is 1.97. The third-order valence-corrected chi connectivity index (χ3v) is 6.80. The minimum Gasteiger partial charge on any atom is -0.450 e. The highest BCUT2D eigenvalue weighted by atomic mass is 79.9. The van der Waals surface area contributed by atoms with Gasteiger partial charge in [0, 0.05) is 10.5 Å². The summed E-state index contributed by atoms with van der Waals surface area (Å²) in [5.41, 5.74) is 2.66. The molecule has 164 valence electrons. The van der Waals surface area contributed by atoms with E-state index >= 15 is 0 Å². The number of rotatable bonds is 5. The van der Waals surface area contributed by atoms with Crippen LogP contribution in [0, 0.1) is 6.92 Å². The number of thioether (sulfide) groups is 1. The fraction of sp³-hybridized carbons (Fsp3) is 0.0455. The van der Waals surface area contributed by atoms with Crippen LogP contribution in [0.2, 0.25) is 0 Å². The van der Waals surface area contributed by atoms with Gasteiger partial charge in [0.25, 0.3) is 5.91 Å². The molecule has 4 aromatic rings. The summed E-state index contributed by atoms with van der Waals surface area (Å²) in [5, 5.41) is 16.4. The lowest BCUT2D eigenvalue weighted by Crippen LogP contribution is -2.19. The van der Waals surface area contributed by atoms with E-state index < -0.39 is 0 Å².